The van der Waals surface area contributed by atoms with Crippen LogP contribution >= 0.6 is 0 Å². The van der Waals surface area contributed by atoms with Crippen LogP contribution < -0.4 is 10.6 Å². The largest absolute Gasteiger partial charge is 0.375 e. The second kappa shape index (κ2) is 5.01. The van der Waals surface area contributed by atoms with Crippen molar-refractivity contribution in [3.63, 3.8) is 0 Å². The van der Waals surface area contributed by atoms with Crippen molar-refractivity contribution in [1.29, 1.82) is 0 Å². The van der Waals surface area contributed by atoms with Gasteiger partial charge in [-0.2, -0.15) is 0 Å². The van der Waals surface area contributed by atoms with E-state index in [2.05, 4.69) is 52.2 Å². The molecule has 1 unspecified atom stereocenters. The number of hydrogen-bond acceptors (Lipinski definition) is 3. The van der Waals surface area contributed by atoms with Gasteiger partial charge in [-0.25, -0.2) is 0 Å². The highest BCUT2D eigenvalue weighted by atomic mass is 16.5. The molecule has 1 atom stereocenters. The molecule has 2 aliphatic rings. The molecule has 0 amide bonds. The molecular weight excluding hydrogens is 236 g/mol. The number of hydrogen-bond donors (Lipinski definition) is 2. The zero-order valence-corrected chi connectivity index (χ0v) is 13.6. The predicted octanol–water partition coefficient (Wildman–Crippen LogP) is 2.84. The van der Waals surface area contributed by atoms with Gasteiger partial charge in [0.15, 0.2) is 0 Å². The lowest BCUT2D eigenvalue weighted by Crippen LogP contribution is -2.63. The summed E-state index contributed by atoms with van der Waals surface area (Å²) in [4.78, 5) is 0. The van der Waals surface area contributed by atoms with Gasteiger partial charge in [0.1, 0.15) is 0 Å². The van der Waals surface area contributed by atoms with Crippen molar-refractivity contribution in [2.24, 2.45) is 0 Å². The Morgan fingerprint density at radius 1 is 0.895 bits per heavy atom. The number of nitrogens with one attached hydrogen (secondary N) is 2. The van der Waals surface area contributed by atoms with Crippen LogP contribution in [-0.2, 0) is 4.74 Å². The average molecular weight is 268 g/mol. The van der Waals surface area contributed by atoms with Gasteiger partial charge in [-0.15, -0.1) is 0 Å². The molecule has 0 bridgehead atoms. The van der Waals surface area contributed by atoms with Crippen LogP contribution in [0.5, 0.6) is 0 Å². The summed E-state index contributed by atoms with van der Waals surface area (Å²) in [5.74, 6) is 0. The highest BCUT2D eigenvalue weighted by molar-refractivity contribution is 5.00. The van der Waals surface area contributed by atoms with E-state index in [0.717, 1.165) is 19.4 Å². The lowest BCUT2D eigenvalue weighted by atomic mass is 9.79. The molecule has 2 fully saturated rings. The van der Waals surface area contributed by atoms with E-state index in [9.17, 15) is 0 Å². The first kappa shape index (κ1) is 15.3. The first-order valence-electron chi connectivity index (χ1n) is 7.76. The van der Waals surface area contributed by atoms with Crippen LogP contribution in [0.15, 0.2) is 0 Å². The van der Waals surface area contributed by atoms with Crippen LogP contribution in [0.2, 0.25) is 0 Å². The Bertz CT molecular complexity index is 307. The van der Waals surface area contributed by atoms with Crippen molar-refractivity contribution in [3.05, 3.63) is 0 Å². The molecule has 2 N–H and O–H groups in total. The first-order valence-corrected chi connectivity index (χ1v) is 7.76. The van der Waals surface area contributed by atoms with Crippen LogP contribution in [0.1, 0.15) is 67.2 Å². The standard InChI is InChI=1S/C16H32N2O/c1-14(2)9-13(10-15(3,4)18-14)17-12-7-8-19-16(5,6)11-12/h12-13,17-18H,7-11H2,1-6H3. The SMILES string of the molecule is CC1(C)CC(NC2CCOC(C)(C)C2)CC(C)(C)N1. The van der Waals surface area contributed by atoms with Crippen molar-refractivity contribution < 1.29 is 4.74 Å². The van der Waals surface area contributed by atoms with Gasteiger partial charge in [0, 0.05) is 29.8 Å². The molecule has 0 saturated carbocycles. The van der Waals surface area contributed by atoms with Gasteiger partial charge in [-0.05, 0) is 67.2 Å². The minimum atomic E-state index is 0.0356. The molecule has 19 heavy (non-hydrogen) atoms. The summed E-state index contributed by atoms with van der Waals surface area (Å²) in [5.41, 5.74) is 0.480. The van der Waals surface area contributed by atoms with Gasteiger partial charge < -0.3 is 15.4 Å². The average Bonchev–Trinajstić information content (AvgIpc) is 2.09. The summed E-state index contributed by atoms with van der Waals surface area (Å²) >= 11 is 0. The predicted molar refractivity (Wildman–Crippen MR) is 80.5 cm³/mol. The summed E-state index contributed by atoms with van der Waals surface area (Å²) in [7, 11) is 0. The van der Waals surface area contributed by atoms with E-state index >= 15 is 0 Å². The molecule has 0 aromatic heterocycles. The Labute approximate surface area is 118 Å². The van der Waals surface area contributed by atoms with E-state index in [4.69, 9.17) is 4.74 Å². The fourth-order valence-electron chi connectivity index (χ4n) is 4.15. The summed E-state index contributed by atoms with van der Waals surface area (Å²) in [6.07, 6.45) is 4.68. The topological polar surface area (TPSA) is 33.3 Å². The molecule has 2 aliphatic heterocycles. The quantitative estimate of drug-likeness (QED) is 0.808. The highest BCUT2D eigenvalue weighted by Gasteiger charge is 2.39. The van der Waals surface area contributed by atoms with E-state index in [0.29, 0.717) is 12.1 Å². The Morgan fingerprint density at radius 2 is 1.47 bits per heavy atom. The van der Waals surface area contributed by atoms with E-state index in [1.165, 1.54) is 12.8 Å². The molecule has 0 spiro atoms. The summed E-state index contributed by atoms with van der Waals surface area (Å²) in [6.45, 7) is 14.6. The second-order valence-corrected chi connectivity index (χ2v) is 8.46. The maximum absolute atomic E-state index is 5.81. The van der Waals surface area contributed by atoms with Crippen LogP contribution in [0.25, 0.3) is 0 Å². The highest BCUT2D eigenvalue weighted by Crippen LogP contribution is 2.30. The summed E-state index contributed by atoms with van der Waals surface area (Å²) < 4.78 is 5.81. The molecule has 0 aromatic rings. The normalized spacial score (nSPS) is 34.1. The fraction of sp³-hybridized carbons (Fsp3) is 1.00. The lowest BCUT2D eigenvalue weighted by Gasteiger charge is -2.48. The third kappa shape index (κ3) is 4.44. The Morgan fingerprint density at radius 3 is 2.00 bits per heavy atom. The van der Waals surface area contributed by atoms with Crippen LogP contribution in [0.4, 0.5) is 0 Å². The lowest BCUT2D eigenvalue weighted by molar-refractivity contribution is -0.0656. The number of piperidine rings is 1. The molecule has 2 heterocycles. The van der Waals surface area contributed by atoms with Crippen molar-refractivity contribution in [3.8, 4) is 0 Å². The number of ether oxygens (including phenoxy) is 1. The molecule has 112 valence electrons. The fourth-order valence-corrected chi connectivity index (χ4v) is 4.15. The van der Waals surface area contributed by atoms with Gasteiger partial charge in [-0.3, -0.25) is 0 Å². The molecule has 3 heteroatoms. The molecule has 3 nitrogen and oxygen atoms in total. The summed E-state index contributed by atoms with van der Waals surface area (Å²) in [6, 6.07) is 1.23. The van der Waals surface area contributed by atoms with Crippen molar-refractivity contribution >= 4 is 0 Å². The molecule has 0 aromatic carbocycles. The molecular formula is C16H32N2O. The van der Waals surface area contributed by atoms with Crippen LogP contribution in [-0.4, -0.2) is 35.4 Å². The van der Waals surface area contributed by atoms with Gasteiger partial charge in [0.2, 0.25) is 0 Å². The molecule has 2 saturated heterocycles. The van der Waals surface area contributed by atoms with Crippen LogP contribution in [0, 0.1) is 0 Å². The van der Waals surface area contributed by atoms with Crippen molar-refractivity contribution in [1.82, 2.24) is 10.6 Å². The summed E-state index contributed by atoms with van der Waals surface area (Å²) in [5, 5.41) is 7.66. The Balaban J connectivity index is 1.95. The Hall–Kier alpha value is -0.120. The zero-order chi connectivity index (χ0) is 14.3. The van der Waals surface area contributed by atoms with Gasteiger partial charge in [0.05, 0.1) is 5.60 Å². The molecule has 0 radical (unpaired) electrons. The van der Waals surface area contributed by atoms with Crippen molar-refractivity contribution in [2.75, 3.05) is 6.61 Å². The first-order chi connectivity index (χ1) is 8.57. The van der Waals surface area contributed by atoms with Gasteiger partial charge in [-0.1, -0.05) is 0 Å². The third-order valence-corrected chi connectivity index (χ3v) is 4.36. The Kier molecular flexibility index (Phi) is 4.03. The van der Waals surface area contributed by atoms with E-state index in [-0.39, 0.29) is 16.7 Å². The van der Waals surface area contributed by atoms with E-state index in [1.807, 2.05) is 0 Å². The van der Waals surface area contributed by atoms with Crippen LogP contribution in [0.3, 0.4) is 0 Å². The minimum Gasteiger partial charge on any atom is -0.375 e. The molecule has 2 rings (SSSR count). The minimum absolute atomic E-state index is 0.0356. The van der Waals surface area contributed by atoms with Gasteiger partial charge in [0.25, 0.3) is 0 Å². The van der Waals surface area contributed by atoms with E-state index in [1.54, 1.807) is 0 Å². The molecule has 0 aliphatic carbocycles. The smallest absolute Gasteiger partial charge is 0.0641 e. The zero-order valence-electron chi connectivity index (χ0n) is 13.6. The second-order valence-electron chi connectivity index (χ2n) is 8.46. The monoisotopic (exact) mass is 268 g/mol. The maximum Gasteiger partial charge on any atom is 0.0641 e. The third-order valence-electron chi connectivity index (χ3n) is 4.36. The van der Waals surface area contributed by atoms with Crippen molar-refractivity contribution in [2.45, 2.75) is 96.0 Å². The number of rotatable bonds is 2. The van der Waals surface area contributed by atoms with Gasteiger partial charge >= 0.3 is 0 Å². The van der Waals surface area contributed by atoms with E-state index < -0.39 is 0 Å². The maximum atomic E-state index is 5.81.